The van der Waals surface area contributed by atoms with E-state index in [9.17, 15) is 4.79 Å². The molecule has 23 heavy (non-hydrogen) atoms. The average Bonchev–Trinajstić information content (AvgIpc) is 3.14. The zero-order valence-electron chi connectivity index (χ0n) is 13.2. The number of nitrogens with zero attached hydrogens (tertiary/aromatic N) is 4. The van der Waals surface area contributed by atoms with Gasteiger partial charge in [-0.2, -0.15) is 0 Å². The Hall–Kier alpha value is -2.54. The van der Waals surface area contributed by atoms with Crippen LogP contribution in [0, 0.1) is 13.8 Å². The van der Waals surface area contributed by atoms with E-state index in [-0.39, 0.29) is 5.91 Å². The molecular formula is C16H17N5OS. The first-order valence-corrected chi connectivity index (χ1v) is 8.07. The van der Waals surface area contributed by atoms with Crippen LogP contribution >= 0.6 is 11.3 Å². The van der Waals surface area contributed by atoms with Crippen LogP contribution in [0.5, 0.6) is 0 Å². The minimum atomic E-state index is -0.208. The molecule has 0 aliphatic rings. The first-order valence-electron chi connectivity index (χ1n) is 7.19. The molecule has 0 atom stereocenters. The normalized spacial score (nSPS) is 10.7. The van der Waals surface area contributed by atoms with Crippen molar-refractivity contribution in [1.29, 1.82) is 0 Å². The highest BCUT2D eigenvalue weighted by Gasteiger charge is 2.13. The molecule has 7 heteroatoms. The van der Waals surface area contributed by atoms with Crippen molar-refractivity contribution in [3.8, 4) is 10.6 Å². The number of amides is 1. The summed E-state index contributed by atoms with van der Waals surface area (Å²) in [5.41, 5.74) is 3.86. The molecule has 0 aliphatic carbocycles. The number of nitrogens with one attached hydrogen (secondary N) is 1. The second kappa shape index (κ2) is 6.29. The van der Waals surface area contributed by atoms with Crippen LogP contribution in [0.15, 0.2) is 29.9 Å². The molecule has 3 rings (SSSR count). The van der Waals surface area contributed by atoms with Gasteiger partial charge in [-0.3, -0.25) is 4.79 Å². The number of aromatic nitrogens is 4. The highest BCUT2D eigenvalue weighted by Crippen LogP contribution is 2.27. The number of rotatable bonds is 4. The van der Waals surface area contributed by atoms with Gasteiger partial charge in [-0.05, 0) is 19.4 Å². The van der Waals surface area contributed by atoms with Crippen LogP contribution in [0.1, 0.15) is 27.4 Å². The van der Waals surface area contributed by atoms with Crippen molar-refractivity contribution in [3.63, 3.8) is 0 Å². The van der Waals surface area contributed by atoms with E-state index >= 15 is 0 Å². The van der Waals surface area contributed by atoms with Crippen molar-refractivity contribution < 1.29 is 4.79 Å². The van der Waals surface area contributed by atoms with Crippen molar-refractivity contribution >= 4 is 17.2 Å². The quantitative estimate of drug-likeness (QED) is 0.799. The van der Waals surface area contributed by atoms with Crippen LogP contribution < -0.4 is 5.32 Å². The predicted molar refractivity (Wildman–Crippen MR) is 89.2 cm³/mol. The van der Waals surface area contributed by atoms with Gasteiger partial charge in [-0.15, -0.1) is 21.5 Å². The molecule has 0 aliphatic heterocycles. The summed E-state index contributed by atoms with van der Waals surface area (Å²) in [5.74, 6) is 0.489. The Bertz CT molecular complexity index is 852. The molecule has 1 aromatic carbocycles. The maximum absolute atomic E-state index is 12.2. The van der Waals surface area contributed by atoms with Gasteiger partial charge in [0.05, 0.1) is 6.54 Å². The summed E-state index contributed by atoms with van der Waals surface area (Å²) in [5, 5.41) is 13.2. The topological polar surface area (TPSA) is 72.7 Å². The van der Waals surface area contributed by atoms with Gasteiger partial charge in [0.15, 0.2) is 5.82 Å². The summed E-state index contributed by atoms with van der Waals surface area (Å²) in [6.07, 6.45) is 1.60. The van der Waals surface area contributed by atoms with Crippen LogP contribution in [0.25, 0.3) is 10.6 Å². The minimum absolute atomic E-state index is 0.208. The monoisotopic (exact) mass is 327 g/mol. The molecule has 2 aromatic heterocycles. The minimum Gasteiger partial charge on any atom is -0.343 e. The van der Waals surface area contributed by atoms with Crippen LogP contribution in [-0.2, 0) is 13.6 Å². The molecule has 1 amide bonds. The van der Waals surface area contributed by atoms with Crippen molar-refractivity contribution in [2.45, 2.75) is 20.4 Å². The number of thiazole rings is 1. The molecule has 3 aromatic rings. The van der Waals surface area contributed by atoms with Crippen LogP contribution in [0.3, 0.4) is 0 Å². The smallest absolute Gasteiger partial charge is 0.271 e. The van der Waals surface area contributed by atoms with E-state index in [0.29, 0.717) is 18.1 Å². The van der Waals surface area contributed by atoms with E-state index in [4.69, 9.17) is 0 Å². The highest BCUT2D eigenvalue weighted by atomic mass is 32.1. The van der Waals surface area contributed by atoms with Crippen LogP contribution in [-0.4, -0.2) is 25.7 Å². The summed E-state index contributed by atoms with van der Waals surface area (Å²) in [6.45, 7) is 4.44. The maximum Gasteiger partial charge on any atom is 0.271 e. The van der Waals surface area contributed by atoms with Crippen molar-refractivity contribution in [1.82, 2.24) is 25.1 Å². The maximum atomic E-state index is 12.2. The molecule has 0 spiro atoms. The molecule has 0 fully saturated rings. The van der Waals surface area contributed by atoms with E-state index in [1.807, 2.05) is 13.1 Å². The second-order valence-electron chi connectivity index (χ2n) is 5.40. The van der Waals surface area contributed by atoms with Gasteiger partial charge in [0.2, 0.25) is 0 Å². The number of hydrogen-bond donors (Lipinski definition) is 1. The Morgan fingerprint density at radius 2 is 2.17 bits per heavy atom. The van der Waals surface area contributed by atoms with Crippen molar-refractivity contribution in [3.05, 3.63) is 52.6 Å². The van der Waals surface area contributed by atoms with Gasteiger partial charge in [-0.25, -0.2) is 4.98 Å². The number of aryl methyl sites for hydroxylation is 3. The Balaban J connectivity index is 1.73. The van der Waals surface area contributed by atoms with E-state index in [2.05, 4.69) is 46.5 Å². The van der Waals surface area contributed by atoms with Crippen molar-refractivity contribution in [2.75, 3.05) is 0 Å². The fraction of sp³-hybridized carbons (Fsp3) is 0.250. The van der Waals surface area contributed by atoms with Gasteiger partial charge in [0.25, 0.3) is 5.91 Å². The molecule has 0 radical (unpaired) electrons. The first-order chi connectivity index (χ1) is 11.0. The summed E-state index contributed by atoms with van der Waals surface area (Å²) >= 11 is 1.47. The number of benzene rings is 1. The summed E-state index contributed by atoms with van der Waals surface area (Å²) in [7, 11) is 1.84. The molecule has 0 unspecified atom stereocenters. The van der Waals surface area contributed by atoms with Gasteiger partial charge in [0.1, 0.15) is 17.0 Å². The van der Waals surface area contributed by atoms with E-state index in [1.165, 1.54) is 16.9 Å². The Morgan fingerprint density at radius 3 is 2.87 bits per heavy atom. The fourth-order valence-electron chi connectivity index (χ4n) is 2.27. The molecule has 6 nitrogen and oxygen atoms in total. The average molecular weight is 327 g/mol. The molecular weight excluding hydrogens is 310 g/mol. The third-order valence-electron chi connectivity index (χ3n) is 3.56. The molecule has 0 saturated heterocycles. The predicted octanol–water partition coefficient (Wildman–Crippen LogP) is 2.49. The number of carbonyl (C=O) groups excluding carboxylic acids is 1. The van der Waals surface area contributed by atoms with Gasteiger partial charge >= 0.3 is 0 Å². The largest absolute Gasteiger partial charge is 0.343 e. The molecule has 118 valence electrons. The van der Waals surface area contributed by atoms with Crippen LogP contribution in [0.2, 0.25) is 0 Å². The molecule has 0 saturated carbocycles. The van der Waals surface area contributed by atoms with Gasteiger partial charge < -0.3 is 9.88 Å². The Labute approximate surface area is 138 Å². The standard InChI is InChI=1S/C16H17N5OS/c1-10-4-5-12(11(2)6-10)16-19-13(8-23-16)15(22)17-7-14-20-18-9-21(14)3/h4-6,8-9H,7H2,1-3H3,(H,17,22). The summed E-state index contributed by atoms with van der Waals surface area (Å²) in [6, 6.07) is 6.22. The lowest BCUT2D eigenvalue weighted by atomic mass is 10.1. The molecule has 1 N–H and O–H groups in total. The van der Waals surface area contributed by atoms with E-state index in [1.54, 1.807) is 16.3 Å². The van der Waals surface area contributed by atoms with E-state index in [0.717, 1.165) is 16.1 Å². The Morgan fingerprint density at radius 1 is 1.35 bits per heavy atom. The SMILES string of the molecule is Cc1ccc(-c2nc(C(=O)NCc3nncn3C)cs2)c(C)c1. The van der Waals surface area contributed by atoms with Crippen molar-refractivity contribution in [2.24, 2.45) is 7.05 Å². The summed E-state index contributed by atoms with van der Waals surface area (Å²) < 4.78 is 1.77. The highest BCUT2D eigenvalue weighted by molar-refractivity contribution is 7.13. The third-order valence-corrected chi connectivity index (χ3v) is 4.44. The number of hydrogen-bond acceptors (Lipinski definition) is 5. The molecule has 2 heterocycles. The molecule has 0 bridgehead atoms. The zero-order valence-corrected chi connectivity index (χ0v) is 14.0. The third kappa shape index (κ3) is 3.29. The zero-order chi connectivity index (χ0) is 16.4. The Kier molecular flexibility index (Phi) is 4.20. The van der Waals surface area contributed by atoms with Gasteiger partial charge in [0, 0.05) is 18.0 Å². The fourth-order valence-corrected chi connectivity index (χ4v) is 3.16. The van der Waals surface area contributed by atoms with Crippen LogP contribution in [0.4, 0.5) is 0 Å². The lowest BCUT2D eigenvalue weighted by molar-refractivity contribution is 0.0945. The lowest BCUT2D eigenvalue weighted by Gasteiger charge is -2.04. The van der Waals surface area contributed by atoms with E-state index < -0.39 is 0 Å². The lowest BCUT2D eigenvalue weighted by Crippen LogP contribution is -2.24. The summed E-state index contributed by atoms with van der Waals surface area (Å²) in [4.78, 5) is 16.7. The first kappa shape index (κ1) is 15.4. The second-order valence-corrected chi connectivity index (χ2v) is 6.26. The number of carbonyl (C=O) groups is 1. The van der Waals surface area contributed by atoms with Gasteiger partial charge in [-0.1, -0.05) is 23.8 Å².